The number of aryl methyl sites for hydroxylation is 2. The van der Waals surface area contributed by atoms with Gasteiger partial charge in [-0.05, 0) is 30.9 Å². The molecule has 7 nitrogen and oxygen atoms in total. The Balaban J connectivity index is 2.18. The predicted molar refractivity (Wildman–Crippen MR) is 83.5 cm³/mol. The number of aliphatic carboxylic acids is 1. The molecule has 0 radical (unpaired) electrons. The maximum Gasteiger partial charge on any atom is 0.337 e. The van der Waals surface area contributed by atoms with Crippen LogP contribution >= 0.6 is 0 Å². The first-order valence-corrected chi connectivity index (χ1v) is 7.11. The fourth-order valence-corrected chi connectivity index (χ4v) is 2.39. The molecule has 1 heterocycles. The van der Waals surface area contributed by atoms with Gasteiger partial charge in [0.15, 0.2) is 0 Å². The van der Waals surface area contributed by atoms with Gasteiger partial charge < -0.3 is 5.11 Å². The van der Waals surface area contributed by atoms with Crippen LogP contribution in [-0.4, -0.2) is 20.6 Å². The van der Waals surface area contributed by atoms with Crippen molar-refractivity contribution >= 4 is 11.7 Å². The molecule has 0 unspecified atom stereocenters. The lowest BCUT2D eigenvalue weighted by Gasteiger charge is -2.06. The summed E-state index contributed by atoms with van der Waals surface area (Å²) in [6.07, 6.45) is 3.08. The molecule has 0 saturated carbocycles. The third-order valence-electron chi connectivity index (χ3n) is 3.47. The number of rotatable bonds is 7. The summed E-state index contributed by atoms with van der Waals surface area (Å²) in [4.78, 5) is 33.2. The van der Waals surface area contributed by atoms with E-state index in [2.05, 4.69) is 0 Å². The number of nitro groups is 1. The van der Waals surface area contributed by atoms with Crippen LogP contribution in [0.5, 0.6) is 0 Å². The monoisotopic (exact) mass is 316 g/mol. The van der Waals surface area contributed by atoms with E-state index in [9.17, 15) is 19.7 Å². The number of carboxylic acids is 1. The van der Waals surface area contributed by atoms with Crippen LogP contribution in [0.25, 0.3) is 0 Å². The van der Waals surface area contributed by atoms with Gasteiger partial charge in [-0.25, -0.2) is 0 Å². The molecule has 2 rings (SSSR count). The Morgan fingerprint density at radius 2 is 1.87 bits per heavy atom. The third kappa shape index (κ3) is 4.26. The molecule has 0 spiro atoms. The van der Waals surface area contributed by atoms with E-state index in [0.29, 0.717) is 18.4 Å². The highest BCUT2D eigenvalue weighted by atomic mass is 16.6. The van der Waals surface area contributed by atoms with Gasteiger partial charge in [0.1, 0.15) is 6.54 Å². The van der Waals surface area contributed by atoms with Crippen molar-refractivity contribution in [3.05, 3.63) is 74.2 Å². The van der Waals surface area contributed by atoms with E-state index in [1.165, 1.54) is 12.3 Å². The lowest BCUT2D eigenvalue weighted by Crippen LogP contribution is -2.26. The number of aromatic nitrogens is 1. The Morgan fingerprint density at radius 1 is 1.17 bits per heavy atom. The van der Waals surface area contributed by atoms with Gasteiger partial charge in [0.05, 0.1) is 4.92 Å². The Hall–Kier alpha value is -2.96. The second-order valence-corrected chi connectivity index (χ2v) is 5.11. The van der Waals surface area contributed by atoms with E-state index in [1.807, 2.05) is 30.3 Å². The molecule has 0 saturated heterocycles. The summed E-state index contributed by atoms with van der Waals surface area (Å²) in [5.74, 6) is -1.22. The summed E-state index contributed by atoms with van der Waals surface area (Å²) < 4.78 is 0.834. The van der Waals surface area contributed by atoms with Crippen LogP contribution in [0.1, 0.15) is 17.5 Å². The smallest absolute Gasteiger partial charge is 0.337 e. The molecular formula is C16H16N2O5. The van der Waals surface area contributed by atoms with E-state index < -0.39 is 28.7 Å². The van der Waals surface area contributed by atoms with Gasteiger partial charge in [0, 0.05) is 11.8 Å². The molecule has 2 aromatic rings. The van der Waals surface area contributed by atoms with Crippen molar-refractivity contribution in [2.24, 2.45) is 0 Å². The second-order valence-electron chi connectivity index (χ2n) is 5.11. The first-order chi connectivity index (χ1) is 11.0. The highest BCUT2D eigenvalue weighted by Crippen LogP contribution is 2.16. The first-order valence-electron chi connectivity index (χ1n) is 7.11. The summed E-state index contributed by atoms with van der Waals surface area (Å²) in [6, 6.07) is 11.2. The molecule has 0 aliphatic rings. The molecule has 1 aromatic heterocycles. The van der Waals surface area contributed by atoms with Crippen molar-refractivity contribution < 1.29 is 14.8 Å². The Bertz CT molecular complexity index is 768. The van der Waals surface area contributed by atoms with Crippen molar-refractivity contribution in [2.45, 2.75) is 25.8 Å². The van der Waals surface area contributed by atoms with Gasteiger partial charge >= 0.3 is 17.2 Å². The Morgan fingerprint density at radius 3 is 2.48 bits per heavy atom. The van der Waals surface area contributed by atoms with Crippen LogP contribution in [0.2, 0.25) is 0 Å². The molecule has 0 bridgehead atoms. The standard InChI is InChI=1S/C16H16N2O5/c19-14(20)11-17-10-9-13(15(16(17)21)18(22)23)8-4-7-12-5-2-1-3-6-12/h1-3,5-6,9-10H,4,7-8,11H2,(H,19,20). The molecule has 0 atom stereocenters. The van der Waals surface area contributed by atoms with Crippen molar-refractivity contribution in [1.82, 2.24) is 4.57 Å². The molecule has 0 amide bonds. The Labute approximate surface area is 132 Å². The predicted octanol–water partition coefficient (Wildman–Crippen LogP) is 2.02. The summed E-state index contributed by atoms with van der Waals surface area (Å²) in [5, 5.41) is 19.9. The van der Waals surface area contributed by atoms with Crippen molar-refractivity contribution in [3.63, 3.8) is 0 Å². The quantitative estimate of drug-likeness (QED) is 0.622. The van der Waals surface area contributed by atoms with E-state index in [4.69, 9.17) is 5.11 Å². The van der Waals surface area contributed by atoms with Gasteiger partial charge in [-0.15, -0.1) is 0 Å². The summed E-state index contributed by atoms with van der Waals surface area (Å²) in [5.41, 5.74) is 0.0309. The molecule has 23 heavy (non-hydrogen) atoms. The van der Waals surface area contributed by atoms with Crippen molar-refractivity contribution in [3.8, 4) is 0 Å². The average molecular weight is 316 g/mol. The van der Waals surface area contributed by atoms with Crippen LogP contribution in [-0.2, 0) is 24.2 Å². The zero-order valence-electron chi connectivity index (χ0n) is 12.3. The van der Waals surface area contributed by atoms with Crippen LogP contribution in [0.3, 0.4) is 0 Å². The van der Waals surface area contributed by atoms with Gasteiger partial charge in [-0.3, -0.25) is 24.3 Å². The highest BCUT2D eigenvalue weighted by molar-refractivity contribution is 5.66. The summed E-state index contributed by atoms with van der Waals surface area (Å²) in [6.45, 7) is -0.593. The summed E-state index contributed by atoms with van der Waals surface area (Å²) >= 11 is 0. The molecule has 120 valence electrons. The number of nitrogens with zero attached hydrogens (tertiary/aromatic N) is 2. The number of carboxylic acid groups (broad SMARTS) is 1. The fourth-order valence-electron chi connectivity index (χ4n) is 2.39. The van der Waals surface area contributed by atoms with E-state index in [-0.39, 0.29) is 0 Å². The molecule has 1 aromatic carbocycles. The third-order valence-corrected chi connectivity index (χ3v) is 3.47. The molecule has 7 heteroatoms. The SMILES string of the molecule is O=C(O)Cn1ccc(CCCc2ccccc2)c([N+](=O)[O-])c1=O. The highest BCUT2D eigenvalue weighted by Gasteiger charge is 2.21. The molecule has 0 aliphatic carbocycles. The van der Waals surface area contributed by atoms with Gasteiger partial charge in [-0.2, -0.15) is 0 Å². The van der Waals surface area contributed by atoms with E-state index in [0.717, 1.165) is 16.6 Å². The minimum Gasteiger partial charge on any atom is -0.480 e. The second kappa shape index (κ2) is 7.35. The topological polar surface area (TPSA) is 102 Å². The maximum atomic E-state index is 12.1. The minimum absolute atomic E-state index is 0.331. The van der Waals surface area contributed by atoms with Gasteiger partial charge in [0.2, 0.25) is 0 Å². The van der Waals surface area contributed by atoms with Gasteiger partial charge in [-0.1, -0.05) is 30.3 Å². The van der Waals surface area contributed by atoms with Crippen molar-refractivity contribution in [1.29, 1.82) is 0 Å². The maximum absolute atomic E-state index is 12.1. The largest absolute Gasteiger partial charge is 0.480 e. The number of benzene rings is 1. The van der Waals surface area contributed by atoms with Crippen LogP contribution in [0.15, 0.2) is 47.4 Å². The van der Waals surface area contributed by atoms with Crippen LogP contribution in [0.4, 0.5) is 5.69 Å². The normalized spacial score (nSPS) is 10.4. The Kier molecular flexibility index (Phi) is 5.24. The zero-order valence-corrected chi connectivity index (χ0v) is 12.3. The zero-order chi connectivity index (χ0) is 16.8. The van der Waals surface area contributed by atoms with E-state index in [1.54, 1.807) is 0 Å². The van der Waals surface area contributed by atoms with Crippen LogP contribution in [0, 0.1) is 10.1 Å². The van der Waals surface area contributed by atoms with Gasteiger partial charge in [0.25, 0.3) is 0 Å². The number of pyridine rings is 1. The lowest BCUT2D eigenvalue weighted by molar-refractivity contribution is -0.387. The molecule has 1 N–H and O–H groups in total. The minimum atomic E-state index is -1.22. The van der Waals surface area contributed by atoms with E-state index >= 15 is 0 Å². The first kappa shape index (κ1) is 16.4. The molecular weight excluding hydrogens is 300 g/mol. The molecule has 0 aliphatic heterocycles. The number of hydrogen-bond donors (Lipinski definition) is 1. The average Bonchev–Trinajstić information content (AvgIpc) is 2.50. The lowest BCUT2D eigenvalue weighted by atomic mass is 10.0. The number of hydrogen-bond acceptors (Lipinski definition) is 4. The number of carbonyl (C=O) groups is 1. The summed E-state index contributed by atoms with van der Waals surface area (Å²) in [7, 11) is 0. The fraction of sp³-hybridized carbons (Fsp3) is 0.250. The van der Waals surface area contributed by atoms with Crippen LogP contribution < -0.4 is 5.56 Å². The van der Waals surface area contributed by atoms with Crippen molar-refractivity contribution in [2.75, 3.05) is 0 Å². The molecule has 0 fully saturated rings.